The van der Waals surface area contributed by atoms with Crippen molar-refractivity contribution in [3.8, 4) is 0 Å². The summed E-state index contributed by atoms with van der Waals surface area (Å²) in [5.74, 6) is -2.27. The van der Waals surface area contributed by atoms with Crippen molar-refractivity contribution >= 4 is 17.8 Å². The smallest absolute Gasteiger partial charge is 0.233 e. The normalized spacial score (nSPS) is 28.4. The summed E-state index contributed by atoms with van der Waals surface area (Å²) in [6.07, 6.45) is 4.67. The van der Waals surface area contributed by atoms with Crippen molar-refractivity contribution in [3.63, 3.8) is 0 Å². The van der Waals surface area contributed by atoms with E-state index in [1.165, 1.54) is 0 Å². The van der Waals surface area contributed by atoms with Crippen molar-refractivity contribution < 1.29 is 19.5 Å². The van der Waals surface area contributed by atoms with Gasteiger partial charge in [-0.25, -0.2) is 0 Å². The number of hydrogen-bond acceptors (Lipinski definition) is 4. The molecule has 0 radical (unpaired) electrons. The van der Waals surface area contributed by atoms with Crippen LogP contribution < -0.4 is 5.11 Å². The zero-order valence-corrected chi connectivity index (χ0v) is 8.72. The Morgan fingerprint density at radius 2 is 1.75 bits per heavy atom. The number of hydrogen-bond donors (Lipinski definition) is 0. The summed E-state index contributed by atoms with van der Waals surface area (Å²) in [7, 11) is 0. The summed E-state index contributed by atoms with van der Waals surface area (Å²) < 4.78 is 0. The highest BCUT2D eigenvalue weighted by Gasteiger charge is 2.46. The summed E-state index contributed by atoms with van der Waals surface area (Å²) in [6.45, 7) is -0.0625. The van der Waals surface area contributed by atoms with E-state index in [0.717, 1.165) is 4.90 Å². The van der Waals surface area contributed by atoms with E-state index in [4.69, 9.17) is 0 Å². The Morgan fingerprint density at radius 1 is 1.25 bits per heavy atom. The molecule has 2 atom stereocenters. The second kappa shape index (κ2) is 4.08. The van der Waals surface area contributed by atoms with Crippen molar-refractivity contribution in [3.05, 3.63) is 12.2 Å². The van der Waals surface area contributed by atoms with Gasteiger partial charge in [0.25, 0.3) is 0 Å². The minimum Gasteiger partial charge on any atom is -0.550 e. The van der Waals surface area contributed by atoms with Gasteiger partial charge in [-0.2, -0.15) is 0 Å². The summed E-state index contributed by atoms with van der Waals surface area (Å²) in [4.78, 5) is 35.0. The molecule has 2 rings (SSSR count). The van der Waals surface area contributed by atoms with Gasteiger partial charge in [-0.05, 0) is 12.8 Å². The molecule has 0 spiro atoms. The minimum atomic E-state index is -1.24. The number of nitrogens with zero attached hydrogens (tertiary/aromatic N) is 1. The Hall–Kier alpha value is -1.65. The molecular weight excluding hydrogens is 210 g/mol. The van der Waals surface area contributed by atoms with Gasteiger partial charge < -0.3 is 9.90 Å². The number of carbonyl (C=O) groups is 3. The fourth-order valence-electron chi connectivity index (χ4n) is 2.29. The second-order valence-electron chi connectivity index (χ2n) is 4.11. The number of carboxylic acid groups (broad SMARTS) is 1. The van der Waals surface area contributed by atoms with E-state index in [1.807, 2.05) is 12.2 Å². The van der Waals surface area contributed by atoms with E-state index in [9.17, 15) is 19.5 Å². The molecule has 1 heterocycles. The molecule has 0 N–H and O–H groups in total. The first-order valence-corrected chi connectivity index (χ1v) is 5.31. The molecule has 16 heavy (non-hydrogen) atoms. The standard InChI is InChI=1S/C11H13NO4/c13-9(14)5-6-12-10(15)7-3-1-2-4-8(7)11(12)16/h1-2,7-8H,3-6H2,(H,13,14)/p-1/t7-,8-/m0/s1. The summed E-state index contributed by atoms with van der Waals surface area (Å²) in [5.41, 5.74) is 0. The van der Waals surface area contributed by atoms with Crippen LogP contribution in [0, 0.1) is 11.8 Å². The first-order chi connectivity index (χ1) is 7.61. The highest BCUT2D eigenvalue weighted by Crippen LogP contribution is 2.34. The molecule has 2 amide bonds. The highest BCUT2D eigenvalue weighted by molar-refractivity contribution is 6.05. The molecule has 0 aromatic heterocycles. The molecule has 5 nitrogen and oxygen atoms in total. The molecule has 0 saturated carbocycles. The van der Waals surface area contributed by atoms with Gasteiger partial charge in [0.15, 0.2) is 0 Å². The lowest BCUT2D eigenvalue weighted by Crippen LogP contribution is -2.35. The lowest BCUT2D eigenvalue weighted by molar-refractivity contribution is -0.305. The molecule has 0 unspecified atom stereocenters. The Kier molecular flexibility index (Phi) is 2.77. The lowest BCUT2D eigenvalue weighted by Gasteiger charge is -2.14. The molecule has 86 valence electrons. The molecule has 2 aliphatic rings. The van der Waals surface area contributed by atoms with Gasteiger partial charge in [0.2, 0.25) is 11.8 Å². The van der Waals surface area contributed by atoms with E-state index in [0.29, 0.717) is 12.8 Å². The van der Waals surface area contributed by atoms with Gasteiger partial charge in [0.05, 0.1) is 11.8 Å². The van der Waals surface area contributed by atoms with Gasteiger partial charge in [-0.15, -0.1) is 0 Å². The number of rotatable bonds is 3. The zero-order chi connectivity index (χ0) is 11.7. The van der Waals surface area contributed by atoms with Gasteiger partial charge >= 0.3 is 0 Å². The SMILES string of the molecule is O=C([O-])CCN1C(=O)[C@H]2CC=CC[C@@H]2C1=O. The third-order valence-electron chi connectivity index (χ3n) is 3.14. The largest absolute Gasteiger partial charge is 0.550 e. The Balaban J connectivity index is 2.08. The zero-order valence-electron chi connectivity index (χ0n) is 8.72. The van der Waals surface area contributed by atoms with Crippen LogP contribution in [0.25, 0.3) is 0 Å². The minimum absolute atomic E-state index is 0.0625. The highest BCUT2D eigenvalue weighted by atomic mass is 16.4. The van der Waals surface area contributed by atoms with Crippen molar-refractivity contribution in [1.82, 2.24) is 4.90 Å². The number of carbonyl (C=O) groups excluding carboxylic acids is 3. The van der Waals surface area contributed by atoms with Crippen molar-refractivity contribution in [2.75, 3.05) is 6.54 Å². The van der Waals surface area contributed by atoms with E-state index in [1.54, 1.807) is 0 Å². The van der Waals surface area contributed by atoms with Crippen molar-refractivity contribution in [2.24, 2.45) is 11.8 Å². The molecule has 5 heteroatoms. The molecule has 0 aromatic rings. The molecule has 1 saturated heterocycles. The van der Waals surface area contributed by atoms with Crippen LogP contribution in [-0.4, -0.2) is 29.2 Å². The number of aliphatic carboxylic acids is 1. The average Bonchev–Trinajstić information content (AvgIpc) is 2.50. The third kappa shape index (κ3) is 1.73. The summed E-state index contributed by atoms with van der Waals surface area (Å²) in [6, 6.07) is 0. The summed E-state index contributed by atoms with van der Waals surface area (Å²) >= 11 is 0. The van der Waals surface area contributed by atoms with Crippen LogP contribution in [0.3, 0.4) is 0 Å². The third-order valence-corrected chi connectivity index (χ3v) is 3.14. The van der Waals surface area contributed by atoms with Gasteiger partial charge in [-0.1, -0.05) is 12.2 Å². The Morgan fingerprint density at radius 3 is 2.19 bits per heavy atom. The van der Waals surface area contributed by atoms with Crippen LogP contribution >= 0.6 is 0 Å². The fraction of sp³-hybridized carbons (Fsp3) is 0.545. The van der Waals surface area contributed by atoms with Crippen LogP contribution in [-0.2, 0) is 14.4 Å². The number of amides is 2. The maximum Gasteiger partial charge on any atom is 0.233 e. The molecule has 1 fully saturated rings. The predicted molar refractivity (Wildman–Crippen MR) is 51.7 cm³/mol. The van der Waals surface area contributed by atoms with E-state index >= 15 is 0 Å². The fourth-order valence-corrected chi connectivity index (χ4v) is 2.29. The van der Waals surface area contributed by atoms with Gasteiger partial charge in [-0.3, -0.25) is 14.5 Å². The van der Waals surface area contributed by atoms with Crippen LogP contribution in [0.1, 0.15) is 19.3 Å². The number of carboxylic acids is 1. The quantitative estimate of drug-likeness (QED) is 0.457. The van der Waals surface area contributed by atoms with Crippen LogP contribution in [0.4, 0.5) is 0 Å². The van der Waals surface area contributed by atoms with E-state index in [-0.39, 0.29) is 36.6 Å². The summed E-state index contributed by atoms with van der Waals surface area (Å²) in [5, 5.41) is 10.3. The van der Waals surface area contributed by atoms with E-state index in [2.05, 4.69) is 0 Å². The average molecular weight is 222 g/mol. The Labute approximate surface area is 92.7 Å². The van der Waals surface area contributed by atoms with Crippen molar-refractivity contribution in [1.29, 1.82) is 0 Å². The molecule has 1 aliphatic carbocycles. The van der Waals surface area contributed by atoms with Crippen LogP contribution in [0.5, 0.6) is 0 Å². The number of likely N-dealkylation sites (tertiary alicyclic amines) is 1. The number of allylic oxidation sites excluding steroid dienone is 2. The molecule has 0 bridgehead atoms. The van der Waals surface area contributed by atoms with Crippen LogP contribution in [0.15, 0.2) is 12.2 Å². The van der Waals surface area contributed by atoms with Crippen LogP contribution in [0.2, 0.25) is 0 Å². The second-order valence-corrected chi connectivity index (χ2v) is 4.11. The predicted octanol–water partition coefficient (Wildman–Crippen LogP) is -0.922. The number of imide groups is 1. The maximum atomic E-state index is 11.8. The van der Waals surface area contributed by atoms with Crippen molar-refractivity contribution in [2.45, 2.75) is 19.3 Å². The maximum absolute atomic E-state index is 11.8. The first kappa shape index (κ1) is 10.9. The van der Waals surface area contributed by atoms with E-state index < -0.39 is 5.97 Å². The topological polar surface area (TPSA) is 77.5 Å². The molecule has 0 aromatic carbocycles. The van der Waals surface area contributed by atoms with Gasteiger partial charge in [0, 0.05) is 18.9 Å². The molecular formula is C11H12NO4-. The Bertz CT molecular complexity index is 348. The lowest BCUT2D eigenvalue weighted by atomic mass is 9.85. The van der Waals surface area contributed by atoms with Gasteiger partial charge in [0.1, 0.15) is 0 Å². The monoisotopic (exact) mass is 222 g/mol. The molecule has 1 aliphatic heterocycles. The first-order valence-electron chi connectivity index (χ1n) is 5.31. The number of fused-ring (bicyclic) bond motifs is 1.